The van der Waals surface area contributed by atoms with Crippen LogP contribution in [0.15, 0.2) is 30.3 Å². The van der Waals surface area contributed by atoms with Gasteiger partial charge in [-0.2, -0.15) is 0 Å². The van der Waals surface area contributed by atoms with E-state index < -0.39 is 10.0 Å². The van der Waals surface area contributed by atoms with Gasteiger partial charge in [-0.3, -0.25) is 0 Å². The average Bonchev–Trinajstić information content (AvgIpc) is 2.83. The van der Waals surface area contributed by atoms with Crippen molar-refractivity contribution in [3.63, 3.8) is 0 Å². The van der Waals surface area contributed by atoms with Crippen molar-refractivity contribution in [2.24, 2.45) is 5.92 Å². The van der Waals surface area contributed by atoms with Gasteiger partial charge < -0.3 is 0 Å². The van der Waals surface area contributed by atoms with E-state index in [4.69, 9.17) is 11.6 Å². The lowest BCUT2D eigenvalue weighted by atomic mass is 10.0. The van der Waals surface area contributed by atoms with Gasteiger partial charge in [-0.1, -0.05) is 37.3 Å². The number of nitrogens with one attached hydrogen (secondary N) is 1. The average molecular weight is 316 g/mol. The second-order valence-corrected chi connectivity index (χ2v) is 8.19. The number of hydrogen-bond donors (Lipinski definition) is 1. The first-order chi connectivity index (χ1) is 9.46. The first-order valence-electron chi connectivity index (χ1n) is 7.12. The van der Waals surface area contributed by atoms with Gasteiger partial charge >= 0.3 is 0 Å². The fourth-order valence-corrected chi connectivity index (χ4v) is 4.55. The van der Waals surface area contributed by atoms with E-state index in [1.807, 2.05) is 37.3 Å². The molecule has 0 spiro atoms. The van der Waals surface area contributed by atoms with Crippen LogP contribution in [0.1, 0.15) is 37.7 Å². The molecule has 0 aliphatic heterocycles. The minimum absolute atomic E-state index is 0.00180. The zero-order chi connectivity index (χ0) is 14.6. The van der Waals surface area contributed by atoms with E-state index in [0.717, 1.165) is 24.8 Å². The molecule has 1 aliphatic rings. The number of rotatable bonds is 6. The maximum absolute atomic E-state index is 12.1. The Labute approximate surface area is 126 Å². The third kappa shape index (κ3) is 4.76. The minimum atomic E-state index is -3.23. The molecule has 0 radical (unpaired) electrons. The van der Waals surface area contributed by atoms with Gasteiger partial charge in [0.25, 0.3) is 0 Å². The molecule has 5 heteroatoms. The molecule has 1 aromatic rings. The van der Waals surface area contributed by atoms with E-state index in [2.05, 4.69) is 4.72 Å². The van der Waals surface area contributed by atoms with Crippen molar-refractivity contribution in [3.8, 4) is 0 Å². The highest BCUT2D eigenvalue weighted by molar-refractivity contribution is 7.89. The van der Waals surface area contributed by atoms with Crippen LogP contribution in [0.2, 0.25) is 0 Å². The maximum Gasteiger partial charge on any atom is 0.212 e. The maximum atomic E-state index is 12.1. The second kappa shape index (κ2) is 6.92. The van der Waals surface area contributed by atoms with Gasteiger partial charge in [0, 0.05) is 11.9 Å². The molecule has 20 heavy (non-hydrogen) atoms. The molecule has 1 aliphatic carbocycles. The second-order valence-electron chi connectivity index (χ2n) is 5.72. The molecule has 3 unspecified atom stereocenters. The fraction of sp³-hybridized carbons (Fsp3) is 0.600. The highest BCUT2D eigenvalue weighted by Crippen LogP contribution is 2.29. The third-order valence-corrected chi connectivity index (χ3v) is 5.85. The quantitative estimate of drug-likeness (QED) is 0.820. The molecule has 1 fully saturated rings. The van der Waals surface area contributed by atoms with Gasteiger partial charge in [-0.05, 0) is 36.7 Å². The predicted octanol–water partition coefficient (Wildman–Crippen LogP) is 3.12. The Bertz CT molecular complexity index is 518. The normalized spacial score (nSPS) is 24.7. The van der Waals surface area contributed by atoms with Crippen LogP contribution in [-0.2, 0) is 10.0 Å². The molecule has 0 aromatic heterocycles. The summed E-state index contributed by atoms with van der Waals surface area (Å²) in [6.07, 6.45) is 2.93. The van der Waals surface area contributed by atoms with Crippen molar-refractivity contribution in [3.05, 3.63) is 35.9 Å². The van der Waals surface area contributed by atoms with Crippen LogP contribution in [0.5, 0.6) is 0 Å². The summed E-state index contributed by atoms with van der Waals surface area (Å²) in [5, 5.41) is 0.216. The highest BCUT2D eigenvalue weighted by atomic mass is 35.5. The molecule has 1 aromatic carbocycles. The van der Waals surface area contributed by atoms with Gasteiger partial charge in [-0.25, -0.2) is 13.1 Å². The number of alkyl halides is 1. The van der Waals surface area contributed by atoms with E-state index >= 15 is 0 Å². The van der Waals surface area contributed by atoms with E-state index in [9.17, 15) is 8.42 Å². The monoisotopic (exact) mass is 315 g/mol. The Morgan fingerprint density at radius 2 is 2.00 bits per heavy atom. The van der Waals surface area contributed by atoms with Gasteiger partial charge in [0.1, 0.15) is 0 Å². The summed E-state index contributed by atoms with van der Waals surface area (Å²) in [6.45, 7) is 2.46. The molecule has 0 saturated heterocycles. The lowest BCUT2D eigenvalue weighted by Crippen LogP contribution is -2.32. The summed E-state index contributed by atoms with van der Waals surface area (Å²) in [7, 11) is -3.23. The predicted molar refractivity (Wildman–Crippen MR) is 83.6 cm³/mol. The molecule has 3 nitrogen and oxygen atoms in total. The van der Waals surface area contributed by atoms with E-state index in [-0.39, 0.29) is 17.0 Å². The standard InChI is InChI=1S/C15H22ClNO2S/c1-12(14-5-3-2-4-6-14)11-20(18,19)17-10-13-7-8-15(16)9-13/h2-6,12-13,15,17H,7-11H2,1H3. The summed E-state index contributed by atoms with van der Waals surface area (Å²) in [4.78, 5) is 0. The summed E-state index contributed by atoms with van der Waals surface area (Å²) >= 11 is 6.04. The lowest BCUT2D eigenvalue weighted by molar-refractivity contribution is 0.518. The Balaban J connectivity index is 1.84. The molecule has 3 atom stereocenters. The van der Waals surface area contributed by atoms with Crippen LogP contribution in [0.3, 0.4) is 0 Å². The summed E-state index contributed by atoms with van der Waals surface area (Å²) in [6, 6.07) is 9.74. The number of sulfonamides is 1. The summed E-state index contributed by atoms with van der Waals surface area (Å²) in [5.41, 5.74) is 1.06. The van der Waals surface area contributed by atoms with Crippen molar-refractivity contribution in [1.82, 2.24) is 4.72 Å². The molecule has 0 heterocycles. The fourth-order valence-electron chi connectivity index (χ4n) is 2.71. The van der Waals surface area contributed by atoms with Crippen LogP contribution in [0, 0.1) is 5.92 Å². The van der Waals surface area contributed by atoms with Crippen molar-refractivity contribution in [1.29, 1.82) is 0 Å². The Kier molecular flexibility index (Phi) is 5.47. The van der Waals surface area contributed by atoms with Crippen molar-refractivity contribution >= 4 is 21.6 Å². The molecule has 1 saturated carbocycles. The smallest absolute Gasteiger partial charge is 0.212 e. The summed E-state index contributed by atoms with van der Waals surface area (Å²) in [5.74, 6) is 0.519. The molecular weight excluding hydrogens is 294 g/mol. The lowest BCUT2D eigenvalue weighted by Gasteiger charge is -2.15. The highest BCUT2D eigenvalue weighted by Gasteiger charge is 2.25. The van der Waals surface area contributed by atoms with Crippen LogP contribution < -0.4 is 4.72 Å². The molecular formula is C15H22ClNO2S. The molecule has 0 amide bonds. The van der Waals surface area contributed by atoms with E-state index in [0.29, 0.717) is 12.5 Å². The van der Waals surface area contributed by atoms with Gasteiger partial charge in [0.05, 0.1) is 5.75 Å². The van der Waals surface area contributed by atoms with Gasteiger partial charge in [0.2, 0.25) is 10.0 Å². The largest absolute Gasteiger partial charge is 0.215 e. The van der Waals surface area contributed by atoms with E-state index in [1.165, 1.54) is 0 Å². The minimum Gasteiger partial charge on any atom is -0.215 e. The topological polar surface area (TPSA) is 46.2 Å². The van der Waals surface area contributed by atoms with E-state index in [1.54, 1.807) is 0 Å². The van der Waals surface area contributed by atoms with Crippen LogP contribution in [0.4, 0.5) is 0 Å². The Hall–Kier alpha value is -0.580. The zero-order valence-corrected chi connectivity index (χ0v) is 13.3. The molecule has 0 bridgehead atoms. The first-order valence-corrected chi connectivity index (χ1v) is 9.21. The Morgan fingerprint density at radius 1 is 1.30 bits per heavy atom. The van der Waals surface area contributed by atoms with Gasteiger partial charge in [-0.15, -0.1) is 11.6 Å². The van der Waals surface area contributed by atoms with Crippen molar-refractivity contribution in [2.45, 2.75) is 37.5 Å². The molecule has 1 N–H and O–H groups in total. The van der Waals surface area contributed by atoms with Crippen molar-refractivity contribution < 1.29 is 8.42 Å². The van der Waals surface area contributed by atoms with Crippen LogP contribution >= 0.6 is 11.6 Å². The SMILES string of the molecule is CC(CS(=O)(=O)NCC1CCC(Cl)C1)c1ccccc1. The first kappa shape index (κ1) is 15.8. The van der Waals surface area contributed by atoms with Crippen LogP contribution in [0.25, 0.3) is 0 Å². The number of benzene rings is 1. The number of hydrogen-bond acceptors (Lipinski definition) is 2. The molecule has 2 rings (SSSR count). The van der Waals surface area contributed by atoms with Gasteiger partial charge in [0.15, 0.2) is 0 Å². The number of halogens is 1. The van der Waals surface area contributed by atoms with Crippen molar-refractivity contribution in [2.75, 3.05) is 12.3 Å². The Morgan fingerprint density at radius 3 is 2.60 bits per heavy atom. The van der Waals surface area contributed by atoms with Crippen LogP contribution in [-0.4, -0.2) is 26.1 Å². The molecule has 112 valence electrons. The summed E-state index contributed by atoms with van der Waals surface area (Å²) < 4.78 is 27.0. The third-order valence-electron chi connectivity index (χ3n) is 3.91. The zero-order valence-electron chi connectivity index (χ0n) is 11.8.